The van der Waals surface area contributed by atoms with E-state index in [-0.39, 0.29) is 0 Å². The second-order valence-corrected chi connectivity index (χ2v) is 2.51. The zero-order valence-electron chi connectivity index (χ0n) is 5.88. The average molecular weight is 167 g/mol. The number of hydrogen-bond acceptors (Lipinski definition) is 1. The summed E-state index contributed by atoms with van der Waals surface area (Å²) >= 11 is 5.73. The maximum Gasteiger partial charge on any atom is 0.151 e. The Labute approximate surface area is 70.3 Å². The molecule has 0 unspecified atom stereocenters. The molecule has 0 heterocycles. The van der Waals surface area contributed by atoms with Gasteiger partial charge in [-0.3, -0.25) is 4.79 Å². The van der Waals surface area contributed by atoms with Crippen LogP contribution in [0.4, 0.5) is 0 Å². The van der Waals surface area contributed by atoms with Gasteiger partial charge in [0.1, 0.15) is 0 Å². The van der Waals surface area contributed by atoms with Crippen molar-refractivity contribution in [3.05, 3.63) is 40.9 Å². The highest BCUT2D eigenvalue weighted by Crippen LogP contribution is 2.16. The van der Waals surface area contributed by atoms with Crippen molar-refractivity contribution in [3.63, 3.8) is 0 Å². The molecule has 0 radical (unpaired) electrons. The lowest BCUT2D eigenvalue weighted by Gasteiger charge is -1.96. The zero-order valence-corrected chi connectivity index (χ0v) is 6.64. The SMILES string of the molecule is C=Cc1ccc(C=O)c(Cl)c1. The van der Waals surface area contributed by atoms with Crippen LogP contribution in [0, 0.1) is 0 Å². The Bertz CT molecular complexity index is 292. The molecule has 2 heteroatoms. The molecule has 1 nitrogen and oxygen atoms in total. The molecule has 0 spiro atoms. The monoisotopic (exact) mass is 166 g/mol. The fourth-order valence-corrected chi connectivity index (χ4v) is 0.999. The highest BCUT2D eigenvalue weighted by molar-refractivity contribution is 6.33. The summed E-state index contributed by atoms with van der Waals surface area (Å²) in [7, 11) is 0. The maximum atomic E-state index is 10.3. The molecule has 0 atom stereocenters. The largest absolute Gasteiger partial charge is 0.298 e. The predicted molar refractivity (Wildman–Crippen MR) is 46.9 cm³/mol. The van der Waals surface area contributed by atoms with Crippen LogP contribution >= 0.6 is 11.6 Å². The van der Waals surface area contributed by atoms with E-state index in [0.717, 1.165) is 11.8 Å². The van der Waals surface area contributed by atoms with Crippen LogP contribution in [0.3, 0.4) is 0 Å². The molecule has 11 heavy (non-hydrogen) atoms. The first-order chi connectivity index (χ1) is 5.27. The third kappa shape index (κ3) is 1.69. The maximum absolute atomic E-state index is 10.3. The number of carbonyl (C=O) groups is 1. The van der Waals surface area contributed by atoms with Crippen LogP contribution < -0.4 is 0 Å². The Balaban J connectivity index is 3.18. The van der Waals surface area contributed by atoms with Gasteiger partial charge in [-0.15, -0.1) is 0 Å². The molecule has 1 aromatic carbocycles. The molecule has 0 saturated heterocycles. The van der Waals surface area contributed by atoms with Gasteiger partial charge in [-0.05, 0) is 17.7 Å². The topological polar surface area (TPSA) is 17.1 Å². The molecule has 0 aliphatic carbocycles. The van der Waals surface area contributed by atoms with Gasteiger partial charge in [-0.2, -0.15) is 0 Å². The predicted octanol–water partition coefficient (Wildman–Crippen LogP) is 2.80. The van der Waals surface area contributed by atoms with E-state index < -0.39 is 0 Å². The Morgan fingerprint density at radius 2 is 2.18 bits per heavy atom. The minimum absolute atomic E-state index is 0.470. The second-order valence-electron chi connectivity index (χ2n) is 2.10. The Morgan fingerprint density at radius 3 is 2.64 bits per heavy atom. The standard InChI is InChI=1S/C9H7ClO/c1-2-7-3-4-8(6-11)9(10)5-7/h2-6H,1H2. The normalized spacial score (nSPS) is 9.18. The third-order valence-electron chi connectivity index (χ3n) is 1.39. The van der Waals surface area contributed by atoms with E-state index in [4.69, 9.17) is 11.6 Å². The average Bonchev–Trinajstić information content (AvgIpc) is 2.04. The van der Waals surface area contributed by atoms with Crippen molar-refractivity contribution in [3.8, 4) is 0 Å². The van der Waals surface area contributed by atoms with Crippen LogP contribution in [0.5, 0.6) is 0 Å². The van der Waals surface area contributed by atoms with E-state index in [2.05, 4.69) is 6.58 Å². The third-order valence-corrected chi connectivity index (χ3v) is 1.71. The summed E-state index contributed by atoms with van der Waals surface area (Å²) in [4.78, 5) is 10.3. The lowest BCUT2D eigenvalue weighted by molar-refractivity contribution is 0.112. The Morgan fingerprint density at radius 1 is 1.45 bits per heavy atom. The number of halogens is 1. The molecule has 56 valence electrons. The number of aldehydes is 1. The van der Waals surface area contributed by atoms with Gasteiger partial charge in [0.15, 0.2) is 6.29 Å². The van der Waals surface area contributed by atoms with Gasteiger partial charge in [-0.25, -0.2) is 0 Å². The van der Waals surface area contributed by atoms with Crippen LogP contribution in [-0.4, -0.2) is 6.29 Å². The summed E-state index contributed by atoms with van der Waals surface area (Å²) in [6.45, 7) is 3.58. The summed E-state index contributed by atoms with van der Waals surface area (Å²) in [6, 6.07) is 5.17. The second kappa shape index (κ2) is 3.35. The smallest absolute Gasteiger partial charge is 0.151 e. The van der Waals surface area contributed by atoms with Crippen LogP contribution in [0.1, 0.15) is 15.9 Å². The van der Waals surface area contributed by atoms with Crippen molar-refractivity contribution in [2.75, 3.05) is 0 Å². The van der Waals surface area contributed by atoms with E-state index in [1.165, 1.54) is 0 Å². The van der Waals surface area contributed by atoms with Crippen molar-refractivity contribution in [1.29, 1.82) is 0 Å². The Kier molecular flexibility index (Phi) is 2.44. The van der Waals surface area contributed by atoms with Gasteiger partial charge in [0.2, 0.25) is 0 Å². The minimum atomic E-state index is 0.470. The minimum Gasteiger partial charge on any atom is -0.298 e. The molecule has 0 aliphatic heterocycles. The summed E-state index contributed by atoms with van der Waals surface area (Å²) in [5.41, 5.74) is 1.43. The number of benzene rings is 1. The summed E-state index contributed by atoms with van der Waals surface area (Å²) in [5, 5.41) is 0.470. The van der Waals surface area contributed by atoms with E-state index in [0.29, 0.717) is 10.6 Å². The number of rotatable bonds is 2. The molecule has 1 rings (SSSR count). The zero-order chi connectivity index (χ0) is 8.27. The van der Waals surface area contributed by atoms with Gasteiger partial charge >= 0.3 is 0 Å². The molecule has 0 N–H and O–H groups in total. The fraction of sp³-hybridized carbons (Fsp3) is 0. The first-order valence-corrected chi connectivity index (χ1v) is 3.53. The molecule has 0 bridgehead atoms. The van der Waals surface area contributed by atoms with E-state index in [9.17, 15) is 4.79 Å². The van der Waals surface area contributed by atoms with Gasteiger partial charge in [0, 0.05) is 5.56 Å². The van der Waals surface area contributed by atoms with E-state index in [1.807, 2.05) is 0 Å². The number of carbonyl (C=O) groups excluding carboxylic acids is 1. The van der Waals surface area contributed by atoms with Crippen molar-refractivity contribution < 1.29 is 4.79 Å². The summed E-state index contributed by atoms with van der Waals surface area (Å²) in [5.74, 6) is 0. The van der Waals surface area contributed by atoms with Gasteiger partial charge in [0.05, 0.1) is 5.02 Å². The van der Waals surface area contributed by atoms with Crippen LogP contribution in [-0.2, 0) is 0 Å². The molecule has 1 aromatic rings. The van der Waals surface area contributed by atoms with Crippen molar-refractivity contribution in [2.45, 2.75) is 0 Å². The van der Waals surface area contributed by atoms with Crippen LogP contribution in [0.2, 0.25) is 5.02 Å². The van der Waals surface area contributed by atoms with Crippen LogP contribution in [0.15, 0.2) is 24.8 Å². The van der Waals surface area contributed by atoms with Crippen LogP contribution in [0.25, 0.3) is 6.08 Å². The molecular weight excluding hydrogens is 160 g/mol. The highest BCUT2D eigenvalue weighted by Gasteiger charge is 1.97. The van der Waals surface area contributed by atoms with E-state index >= 15 is 0 Å². The van der Waals surface area contributed by atoms with Gasteiger partial charge in [0.25, 0.3) is 0 Å². The summed E-state index contributed by atoms with van der Waals surface area (Å²) < 4.78 is 0. The molecule has 0 aromatic heterocycles. The summed E-state index contributed by atoms with van der Waals surface area (Å²) in [6.07, 6.45) is 2.41. The molecule has 0 amide bonds. The van der Waals surface area contributed by atoms with E-state index in [1.54, 1.807) is 24.3 Å². The highest BCUT2D eigenvalue weighted by atomic mass is 35.5. The van der Waals surface area contributed by atoms with Crippen molar-refractivity contribution in [2.24, 2.45) is 0 Å². The lowest BCUT2D eigenvalue weighted by atomic mass is 10.1. The quantitative estimate of drug-likeness (QED) is 0.618. The molecule has 0 saturated carbocycles. The Hall–Kier alpha value is -1.08. The molecular formula is C9H7ClO. The fourth-order valence-electron chi connectivity index (χ4n) is 0.766. The number of hydrogen-bond donors (Lipinski definition) is 0. The molecule has 0 aliphatic rings. The van der Waals surface area contributed by atoms with Gasteiger partial charge in [-0.1, -0.05) is 30.3 Å². The molecule has 0 fully saturated rings. The van der Waals surface area contributed by atoms with Gasteiger partial charge < -0.3 is 0 Å². The first kappa shape index (κ1) is 8.02. The first-order valence-electron chi connectivity index (χ1n) is 3.15. The lowest BCUT2D eigenvalue weighted by Crippen LogP contribution is -1.81. The van der Waals surface area contributed by atoms with Crippen molar-refractivity contribution in [1.82, 2.24) is 0 Å². The van der Waals surface area contributed by atoms with Crippen molar-refractivity contribution >= 4 is 24.0 Å².